The van der Waals surface area contributed by atoms with Crippen LogP contribution in [0.3, 0.4) is 0 Å². The third-order valence-electron chi connectivity index (χ3n) is 3.81. The third kappa shape index (κ3) is 3.54. The molecule has 1 saturated heterocycles. The first-order valence-corrected chi connectivity index (χ1v) is 7.88. The summed E-state index contributed by atoms with van der Waals surface area (Å²) in [4.78, 5) is 12.8. The molecule has 0 aromatic carbocycles. The fourth-order valence-corrected chi connectivity index (χ4v) is 2.53. The average Bonchev–Trinajstić information content (AvgIpc) is 3.30. The molecule has 0 saturated carbocycles. The van der Waals surface area contributed by atoms with Crippen molar-refractivity contribution in [2.75, 3.05) is 6.54 Å². The Hall–Kier alpha value is -3.11. The maximum absolute atomic E-state index is 13.2. The van der Waals surface area contributed by atoms with Gasteiger partial charge in [-0.2, -0.15) is 4.98 Å². The highest BCUT2D eigenvalue weighted by atomic mass is 19.1. The summed E-state index contributed by atoms with van der Waals surface area (Å²) in [6, 6.07) is 8.94. The molecule has 0 spiro atoms. The van der Waals surface area contributed by atoms with Crippen molar-refractivity contribution >= 4 is 0 Å². The topological polar surface area (TPSA) is 76.7 Å². The average molecular weight is 335 g/mol. The van der Waals surface area contributed by atoms with Crippen molar-refractivity contribution in [2.45, 2.75) is 18.6 Å². The Morgan fingerprint density at radius 3 is 2.84 bits per heavy atom. The zero-order chi connectivity index (χ0) is 17.1. The normalized spacial score (nSPS) is 19.4. The molecular formula is C18H14FN5O. The fourth-order valence-electron chi connectivity index (χ4n) is 2.53. The van der Waals surface area contributed by atoms with Crippen molar-refractivity contribution in [2.24, 2.45) is 0 Å². The van der Waals surface area contributed by atoms with Crippen LogP contribution in [0.15, 0.2) is 47.2 Å². The minimum absolute atomic E-state index is 0.236. The quantitative estimate of drug-likeness (QED) is 0.724. The molecular weight excluding hydrogens is 321 g/mol. The lowest BCUT2D eigenvalue weighted by Gasteiger charge is -2.01. The van der Waals surface area contributed by atoms with Crippen LogP contribution in [0.1, 0.15) is 29.6 Å². The van der Waals surface area contributed by atoms with E-state index in [1.807, 2.05) is 24.3 Å². The van der Waals surface area contributed by atoms with Gasteiger partial charge in [-0.1, -0.05) is 17.1 Å². The largest absolute Gasteiger partial charge is 0.337 e. The second-order valence-electron chi connectivity index (χ2n) is 5.65. The highest BCUT2D eigenvalue weighted by Gasteiger charge is 2.29. The van der Waals surface area contributed by atoms with Crippen molar-refractivity contribution in [1.29, 1.82) is 0 Å². The lowest BCUT2D eigenvalue weighted by Crippen LogP contribution is -2.14. The van der Waals surface area contributed by atoms with Crippen molar-refractivity contribution in [1.82, 2.24) is 25.4 Å². The number of hydrogen-bond acceptors (Lipinski definition) is 6. The van der Waals surface area contributed by atoms with Crippen LogP contribution in [0, 0.1) is 11.8 Å². The molecule has 2 atom stereocenters. The molecule has 3 aromatic heterocycles. The van der Waals surface area contributed by atoms with Crippen molar-refractivity contribution in [3.63, 3.8) is 0 Å². The third-order valence-corrected chi connectivity index (χ3v) is 3.81. The predicted molar refractivity (Wildman–Crippen MR) is 88.0 cm³/mol. The van der Waals surface area contributed by atoms with E-state index in [1.165, 1.54) is 0 Å². The van der Waals surface area contributed by atoms with Crippen LogP contribution in [-0.4, -0.2) is 32.8 Å². The number of pyridine rings is 2. The number of rotatable bonds is 2. The standard InChI is InChI=1S/C18H14FN5O/c19-13-9-16(22-11-13)18-23-17(24-25-18)15-7-5-12(10-21-15)4-6-14-3-1-2-8-20-14/h1-3,5,7-8,10,13,16,22H,9,11H2/t13-,16+/m0/s1. The zero-order valence-electron chi connectivity index (χ0n) is 13.2. The Bertz CT molecular complexity index is 914. The Kier molecular flexibility index (Phi) is 4.19. The van der Waals surface area contributed by atoms with Gasteiger partial charge in [0.2, 0.25) is 11.7 Å². The molecule has 1 fully saturated rings. The summed E-state index contributed by atoms with van der Waals surface area (Å²) in [6.45, 7) is 0.310. The van der Waals surface area contributed by atoms with Crippen LogP contribution in [0.25, 0.3) is 11.5 Å². The van der Waals surface area contributed by atoms with Crippen molar-refractivity contribution < 1.29 is 8.91 Å². The molecule has 4 rings (SSSR count). The van der Waals surface area contributed by atoms with Gasteiger partial charge in [0.15, 0.2) is 0 Å². The molecule has 1 N–H and O–H groups in total. The Balaban J connectivity index is 1.49. The smallest absolute Gasteiger partial charge is 0.244 e. The minimum Gasteiger partial charge on any atom is -0.337 e. The van der Waals surface area contributed by atoms with Crippen LogP contribution < -0.4 is 5.32 Å². The van der Waals surface area contributed by atoms with Gasteiger partial charge in [0.05, 0.1) is 6.04 Å². The molecule has 4 heterocycles. The summed E-state index contributed by atoms with van der Waals surface area (Å²) in [5, 5.41) is 6.94. The van der Waals surface area contributed by atoms with Gasteiger partial charge in [0, 0.05) is 30.9 Å². The van der Waals surface area contributed by atoms with Gasteiger partial charge < -0.3 is 9.84 Å². The van der Waals surface area contributed by atoms with Crippen LogP contribution in [0.5, 0.6) is 0 Å². The first-order chi connectivity index (χ1) is 12.3. The molecule has 124 valence electrons. The Morgan fingerprint density at radius 2 is 2.12 bits per heavy atom. The van der Waals surface area contributed by atoms with Gasteiger partial charge in [-0.25, -0.2) is 9.37 Å². The lowest BCUT2D eigenvalue weighted by atomic mass is 10.2. The van der Waals surface area contributed by atoms with E-state index >= 15 is 0 Å². The van der Waals surface area contributed by atoms with E-state index in [0.717, 1.165) is 5.56 Å². The first-order valence-electron chi connectivity index (χ1n) is 7.88. The van der Waals surface area contributed by atoms with Gasteiger partial charge in [0.25, 0.3) is 0 Å². The maximum Gasteiger partial charge on any atom is 0.244 e. The summed E-state index contributed by atoms with van der Waals surface area (Å²) in [7, 11) is 0. The molecule has 25 heavy (non-hydrogen) atoms. The van der Waals surface area contributed by atoms with Crippen LogP contribution in [-0.2, 0) is 0 Å². The van der Waals surface area contributed by atoms with Crippen LogP contribution in [0.4, 0.5) is 4.39 Å². The SMILES string of the molecule is F[C@@H]1CN[C@@H](c2nc(-c3ccc(C#Cc4ccccn4)cn3)no2)C1. The van der Waals surface area contributed by atoms with E-state index in [1.54, 1.807) is 18.5 Å². The minimum atomic E-state index is -0.879. The highest BCUT2D eigenvalue weighted by Crippen LogP contribution is 2.25. The van der Waals surface area contributed by atoms with Crippen LogP contribution >= 0.6 is 0 Å². The van der Waals surface area contributed by atoms with Gasteiger partial charge in [0.1, 0.15) is 17.6 Å². The number of nitrogens with one attached hydrogen (secondary N) is 1. The van der Waals surface area contributed by atoms with Gasteiger partial charge >= 0.3 is 0 Å². The molecule has 0 aliphatic carbocycles. The van der Waals surface area contributed by atoms with Gasteiger partial charge in [-0.15, -0.1) is 0 Å². The highest BCUT2D eigenvalue weighted by molar-refractivity contribution is 5.50. The molecule has 0 bridgehead atoms. The Labute approximate surface area is 143 Å². The lowest BCUT2D eigenvalue weighted by molar-refractivity contribution is 0.324. The van der Waals surface area contributed by atoms with E-state index < -0.39 is 6.17 Å². The molecule has 3 aromatic rings. The summed E-state index contributed by atoms with van der Waals surface area (Å²) in [5.41, 5.74) is 2.04. The second kappa shape index (κ2) is 6.79. The summed E-state index contributed by atoms with van der Waals surface area (Å²) < 4.78 is 18.5. The molecule has 0 amide bonds. The first kappa shape index (κ1) is 15.4. The molecule has 1 aliphatic rings. The summed E-state index contributed by atoms with van der Waals surface area (Å²) >= 11 is 0. The van der Waals surface area contributed by atoms with E-state index in [9.17, 15) is 4.39 Å². The summed E-state index contributed by atoms with van der Waals surface area (Å²) in [5.74, 6) is 6.74. The number of hydrogen-bond donors (Lipinski definition) is 1. The van der Waals surface area contributed by atoms with Crippen LogP contribution in [0.2, 0.25) is 0 Å². The molecule has 1 aliphatic heterocycles. The van der Waals surface area contributed by atoms with Gasteiger partial charge in [-0.05, 0) is 30.2 Å². The number of alkyl halides is 1. The summed E-state index contributed by atoms with van der Waals surface area (Å²) in [6.07, 6.45) is 2.81. The number of aromatic nitrogens is 4. The van der Waals surface area contributed by atoms with Crippen molar-refractivity contribution in [3.8, 4) is 23.4 Å². The zero-order valence-corrected chi connectivity index (χ0v) is 13.2. The molecule has 7 heteroatoms. The second-order valence-corrected chi connectivity index (χ2v) is 5.65. The Morgan fingerprint density at radius 1 is 1.16 bits per heavy atom. The van der Waals surface area contributed by atoms with E-state index in [2.05, 4.69) is 37.3 Å². The number of nitrogens with zero attached hydrogens (tertiary/aromatic N) is 4. The number of halogens is 1. The molecule has 0 unspecified atom stereocenters. The molecule has 0 radical (unpaired) electrons. The fraction of sp³-hybridized carbons (Fsp3) is 0.222. The predicted octanol–water partition coefficient (Wildman–Crippen LogP) is 2.30. The van der Waals surface area contributed by atoms with E-state index in [-0.39, 0.29) is 6.04 Å². The van der Waals surface area contributed by atoms with E-state index in [0.29, 0.717) is 36.1 Å². The van der Waals surface area contributed by atoms with E-state index in [4.69, 9.17) is 4.52 Å². The monoisotopic (exact) mass is 335 g/mol. The maximum atomic E-state index is 13.2. The van der Waals surface area contributed by atoms with Crippen molar-refractivity contribution in [3.05, 3.63) is 59.9 Å². The molecule has 6 nitrogen and oxygen atoms in total. The van der Waals surface area contributed by atoms with Gasteiger partial charge in [-0.3, -0.25) is 4.98 Å².